The van der Waals surface area contributed by atoms with E-state index in [0.29, 0.717) is 6.10 Å². The number of aliphatic carboxylic acids is 1. The van der Waals surface area contributed by atoms with Crippen molar-refractivity contribution in [1.82, 2.24) is 0 Å². The standard InChI is InChI=1S/C9H14O3/c1-2-12-6-3-9(4-6)5-7(9)8(10)11/h6-7H,2-5H2,1H3,(H,10,11)/t6?,7-,9?/m1/s1. The molecule has 2 aliphatic carbocycles. The maximum Gasteiger partial charge on any atom is 0.307 e. The van der Waals surface area contributed by atoms with Crippen molar-refractivity contribution in [2.24, 2.45) is 11.3 Å². The van der Waals surface area contributed by atoms with Gasteiger partial charge in [-0.2, -0.15) is 0 Å². The molecule has 2 fully saturated rings. The van der Waals surface area contributed by atoms with E-state index in [1.165, 1.54) is 0 Å². The first-order valence-corrected chi connectivity index (χ1v) is 4.52. The largest absolute Gasteiger partial charge is 0.481 e. The van der Waals surface area contributed by atoms with Gasteiger partial charge >= 0.3 is 5.97 Å². The molecule has 3 nitrogen and oxygen atoms in total. The highest BCUT2D eigenvalue weighted by Gasteiger charge is 2.65. The second-order valence-electron chi connectivity index (χ2n) is 3.94. The zero-order valence-corrected chi connectivity index (χ0v) is 7.25. The molecule has 0 saturated heterocycles. The molecule has 0 aromatic heterocycles. The van der Waals surface area contributed by atoms with E-state index in [2.05, 4.69) is 0 Å². The minimum absolute atomic E-state index is 0.0609. The first-order chi connectivity index (χ1) is 5.68. The molecule has 0 heterocycles. The molecule has 0 bridgehead atoms. The summed E-state index contributed by atoms with van der Waals surface area (Å²) < 4.78 is 5.39. The van der Waals surface area contributed by atoms with E-state index in [1.54, 1.807) is 0 Å². The van der Waals surface area contributed by atoms with Gasteiger partial charge < -0.3 is 9.84 Å². The molecule has 0 radical (unpaired) electrons. The SMILES string of the molecule is CCOC1CC2(C1)C[C@@H]2C(=O)O. The Morgan fingerprint density at radius 1 is 1.58 bits per heavy atom. The Hall–Kier alpha value is -0.570. The Bertz CT molecular complexity index is 206. The summed E-state index contributed by atoms with van der Waals surface area (Å²) in [5.74, 6) is -0.681. The van der Waals surface area contributed by atoms with Gasteiger partial charge in [-0.15, -0.1) is 0 Å². The number of carboxylic acid groups (broad SMARTS) is 1. The summed E-state index contributed by atoms with van der Waals surface area (Å²) in [6.07, 6.45) is 3.17. The van der Waals surface area contributed by atoms with E-state index in [9.17, 15) is 4.79 Å². The van der Waals surface area contributed by atoms with Gasteiger partial charge in [0.25, 0.3) is 0 Å². The van der Waals surface area contributed by atoms with Crippen LogP contribution in [0.5, 0.6) is 0 Å². The van der Waals surface area contributed by atoms with Gasteiger partial charge in [-0.25, -0.2) is 0 Å². The summed E-state index contributed by atoms with van der Waals surface area (Å²) in [6, 6.07) is 0. The first-order valence-electron chi connectivity index (χ1n) is 4.52. The molecule has 68 valence electrons. The Morgan fingerprint density at radius 2 is 2.25 bits per heavy atom. The molecule has 0 aromatic rings. The fourth-order valence-corrected chi connectivity index (χ4v) is 2.35. The quantitative estimate of drug-likeness (QED) is 0.694. The minimum atomic E-state index is -0.620. The van der Waals surface area contributed by atoms with E-state index in [0.717, 1.165) is 25.9 Å². The highest BCUT2D eigenvalue weighted by Crippen LogP contribution is 2.66. The van der Waals surface area contributed by atoms with Gasteiger partial charge in [0.15, 0.2) is 0 Å². The maximum atomic E-state index is 10.6. The van der Waals surface area contributed by atoms with Crippen LogP contribution in [0.4, 0.5) is 0 Å². The maximum absolute atomic E-state index is 10.6. The van der Waals surface area contributed by atoms with Crippen LogP contribution < -0.4 is 0 Å². The van der Waals surface area contributed by atoms with Crippen molar-refractivity contribution in [1.29, 1.82) is 0 Å². The van der Waals surface area contributed by atoms with Crippen molar-refractivity contribution >= 4 is 5.97 Å². The van der Waals surface area contributed by atoms with Gasteiger partial charge in [0.05, 0.1) is 12.0 Å². The molecule has 2 aliphatic rings. The molecule has 1 N–H and O–H groups in total. The van der Waals surface area contributed by atoms with E-state index in [1.807, 2.05) is 6.92 Å². The second-order valence-corrected chi connectivity index (χ2v) is 3.94. The number of hydrogen-bond acceptors (Lipinski definition) is 2. The second kappa shape index (κ2) is 2.46. The summed E-state index contributed by atoms with van der Waals surface area (Å²) in [6.45, 7) is 2.73. The summed E-state index contributed by atoms with van der Waals surface area (Å²) in [4.78, 5) is 10.6. The molecular formula is C9H14O3. The smallest absolute Gasteiger partial charge is 0.307 e. The molecule has 0 aromatic carbocycles. The van der Waals surface area contributed by atoms with Crippen molar-refractivity contribution < 1.29 is 14.6 Å². The molecule has 1 atom stereocenters. The topological polar surface area (TPSA) is 46.5 Å². The van der Waals surface area contributed by atoms with Crippen LogP contribution in [0.1, 0.15) is 26.2 Å². The molecule has 0 aliphatic heterocycles. The van der Waals surface area contributed by atoms with Crippen LogP contribution in [0, 0.1) is 11.3 Å². The van der Waals surface area contributed by atoms with Gasteiger partial charge in [0.1, 0.15) is 0 Å². The summed E-state index contributed by atoms with van der Waals surface area (Å²) in [5.41, 5.74) is 0.158. The molecule has 2 rings (SSSR count). The average Bonchev–Trinajstić information content (AvgIpc) is 2.62. The molecular weight excluding hydrogens is 156 g/mol. The summed E-state index contributed by atoms with van der Waals surface area (Å²) in [5, 5.41) is 8.73. The van der Waals surface area contributed by atoms with Crippen LogP contribution in [0.15, 0.2) is 0 Å². The van der Waals surface area contributed by atoms with Crippen molar-refractivity contribution in [3.8, 4) is 0 Å². The van der Waals surface area contributed by atoms with Crippen molar-refractivity contribution in [2.45, 2.75) is 32.3 Å². The van der Waals surface area contributed by atoms with E-state index in [4.69, 9.17) is 9.84 Å². The van der Waals surface area contributed by atoms with Crippen LogP contribution in [-0.2, 0) is 9.53 Å². The van der Waals surface area contributed by atoms with Gasteiger partial charge in [-0.1, -0.05) is 0 Å². The van der Waals surface area contributed by atoms with Gasteiger partial charge in [0.2, 0.25) is 0 Å². The number of ether oxygens (including phenoxy) is 1. The molecule has 0 unspecified atom stereocenters. The van der Waals surface area contributed by atoms with Gasteiger partial charge in [-0.3, -0.25) is 4.79 Å². The summed E-state index contributed by atoms with van der Waals surface area (Å²) in [7, 11) is 0. The fraction of sp³-hybridized carbons (Fsp3) is 0.889. The van der Waals surface area contributed by atoms with Crippen molar-refractivity contribution in [3.05, 3.63) is 0 Å². The van der Waals surface area contributed by atoms with Crippen LogP contribution in [-0.4, -0.2) is 23.8 Å². The molecule has 12 heavy (non-hydrogen) atoms. The predicted molar refractivity (Wildman–Crippen MR) is 42.8 cm³/mol. The number of rotatable bonds is 3. The predicted octanol–water partition coefficient (Wildman–Crippen LogP) is 1.28. The Morgan fingerprint density at radius 3 is 2.67 bits per heavy atom. The Kier molecular flexibility index (Phi) is 1.65. The monoisotopic (exact) mass is 170 g/mol. The fourth-order valence-electron chi connectivity index (χ4n) is 2.35. The highest BCUT2D eigenvalue weighted by atomic mass is 16.5. The number of carboxylic acids is 1. The lowest BCUT2D eigenvalue weighted by molar-refractivity contribution is -0.141. The molecule has 2 saturated carbocycles. The lowest BCUT2D eigenvalue weighted by Crippen LogP contribution is -2.35. The number of carbonyl (C=O) groups is 1. The Labute approximate surface area is 71.7 Å². The first kappa shape index (κ1) is 8.05. The van der Waals surface area contributed by atoms with Crippen molar-refractivity contribution in [2.75, 3.05) is 6.61 Å². The van der Waals surface area contributed by atoms with Crippen LogP contribution >= 0.6 is 0 Å². The van der Waals surface area contributed by atoms with Crippen LogP contribution in [0.25, 0.3) is 0 Å². The van der Waals surface area contributed by atoms with Crippen molar-refractivity contribution in [3.63, 3.8) is 0 Å². The van der Waals surface area contributed by atoms with Gasteiger partial charge in [-0.05, 0) is 31.6 Å². The third kappa shape index (κ3) is 1.04. The molecule has 0 amide bonds. The molecule has 1 spiro atoms. The Balaban J connectivity index is 1.79. The third-order valence-corrected chi connectivity index (χ3v) is 3.16. The van der Waals surface area contributed by atoms with E-state index < -0.39 is 5.97 Å². The lowest BCUT2D eigenvalue weighted by Gasteiger charge is -2.35. The number of hydrogen-bond donors (Lipinski definition) is 1. The zero-order valence-electron chi connectivity index (χ0n) is 7.25. The average molecular weight is 170 g/mol. The minimum Gasteiger partial charge on any atom is -0.481 e. The third-order valence-electron chi connectivity index (χ3n) is 3.16. The van der Waals surface area contributed by atoms with Crippen LogP contribution in [0.3, 0.4) is 0 Å². The van der Waals surface area contributed by atoms with E-state index >= 15 is 0 Å². The highest BCUT2D eigenvalue weighted by molar-refractivity contribution is 5.75. The summed E-state index contributed by atoms with van der Waals surface area (Å²) >= 11 is 0. The normalized spacial score (nSPS) is 44.1. The van der Waals surface area contributed by atoms with E-state index in [-0.39, 0.29) is 11.3 Å². The zero-order chi connectivity index (χ0) is 8.77. The lowest BCUT2D eigenvalue weighted by atomic mass is 9.77. The van der Waals surface area contributed by atoms with Crippen LogP contribution in [0.2, 0.25) is 0 Å². The van der Waals surface area contributed by atoms with Gasteiger partial charge in [0, 0.05) is 6.61 Å². The molecule has 3 heteroatoms.